The molecule has 110 valence electrons. The lowest BCUT2D eigenvalue weighted by atomic mass is 9.82. The maximum atomic E-state index is 12.3. The topological polar surface area (TPSA) is 79.4 Å². The van der Waals surface area contributed by atoms with E-state index in [4.69, 9.17) is 0 Å². The molecular weight excluding hydrogens is 270 g/mol. The Kier molecular flexibility index (Phi) is 3.45. The molecule has 1 atom stereocenters. The second-order valence-electron chi connectivity index (χ2n) is 5.72. The predicted octanol–water partition coefficient (Wildman–Crippen LogP) is 0.917. The minimum Gasteiger partial charge on any atom is -0.356 e. The van der Waals surface area contributed by atoms with Gasteiger partial charge in [-0.05, 0) is 25.0 Å². The smallest absolute Gasteiger partial charge is 0.229 e. The first kappa shape index (κ1) is 13.7. The van der Waals surface area contributed by atoms with E-state index in [2.05, 4.69) is 10.3 Å². The number of aromatic nitrogens is 1. The molecule has 0 bridgehead atoms. The summed E-state index contributed by atoms with van der Waals surface area (Å²) in [7, 11) is 0. The molecule has 1 aromatic rings. The van der Waals surface area contributed by atoms with Crippen LogP contribution in [-0.2, 0) is 9.59 Å². The lowest BCUT2D eigenvalue weighted by molar-refractivity contribution is -0.131. The summed E-state index contributed by atoms with van der Waals surface area (Å²) in [6.07, 6.45) is 5.01. The molecule has 0 aromatic carbocycles. The second-order valence-corrected chi connectivity index (χ2v) is 5.72. The van der Waals surface area contributed by atoms with E-state index < -0.39 is 5.41 Å². The minimum atomic E-state index is -0.626. The fraction of sp³-hybridized carbons (Fsp3) is 0.467. The molecule has 1 spiro atoms. The molecule has 6 nitrogen and oxygen atoms in total. The van der Waals surface area contributed by atoms with Crippen LogP contribution in [0.15, 0.2) is 18.3 Å². The van der Waals surface area contributed by atoms with Crippen molar-refractivity contribution < 1.29 is 14.4 Å². The van der Waals surface area contributed by atoms with Gasteiger partial charge in [0.2, 0.25) is 11.8 Å². The Bertz CT molecular complexity index is 584. The average molecular weight is 287 g/mol. The van der Waals surface area contributed by atoms with Gasteiger partial charge >= 0.3 is 0 Å². The van der Waals surface area contributed by atoms with Crippen LogP contribution in [0, 0.1) is 5.41 Å². The van der Waals surface area contributed by atoms with Crippen molar-refractivity contribution in [3.8, 4) is 0 Å². The summed E-state index contributed by atoms with van der Waals surface area (Å²) in [5.74, 6) is 0.387. The molecule has 1 aromatic heterocycles. The summed E-state index contributed by atoms with van der Waals surface area (Å²) < 4.78 is 0. The van der Waals surface area contributed by atoms with Gasteiger partial charge in [-0.25, -0.2) is 4.98 Å². The van der Waals surface area contributed by atoms with Crippen LogP contribution in [0.2, 0.25) is 0 Å². The summed E-state index contributed by atoms with van der Waals surface area (Å²) in [6.45, 7) is 1.05. The zero-order valence-electron chi connectivity index (χ0n) is 11.7. The van der Waals surface area contributed by atoms with Gasteiger partial charge in [0.05, 0.1) is 5.41 Å². The van der Waals surface area contributed by atoms with Crippen LogP contribution in [0.1, 0.15) is 36.0 Å². The Morgan fingerprint density at radius 1 is 1.29 bits per heavy atom. The third kappa shape index (κ3) is 2.41. The highest BCUT2D eigenvalue weighted by Crippen LogP contribution is 2.39. The van der Waals surface area contributed by atoms with Gasteiger partial charge in [0.1, 0.15) is 5.82 Å². The van der Waals surface area contributed by atoms with Crippen molar-refractivity contribution in [2.75, 3.05) is 18.0 Å². The Morgan fingerprint density at radius 3 is 2.86 bits per heavy atom. The van der Waals surface area contributed by atoms with Crippen molar-refractivity contribution in [3.05, 3.63) is 23.9 Å². The number of aldehydes is 1. The first-order valence-corrected chi connectivity index (χ1v) is 7.14. The zero-order chi connectivity index (χ0) is 14.9. The van der Waals surface area contributed by atoms with Crippen LogP contribution in [-0.4, -0.2) is 36.2 Å². The monoisotopic (exact) mass is 287 g/mol. The second kappa shape index (κ2) is 5.27. The summed E-state index contributed by atoms with van der Waals surface area (Å²) in [4.78, 5) is 41.0. The highest BCUT2D eigenvalue weighted by molar-refractivity contribution is 6.01. The van der Waals surface area contributed by atoms with Crippen LogP contribution in [0.4, 0.5) is 5.82 Å². The lowest BCUT2D eigenvalue weighted by Crippen LogP contribution is -2.41. The first-order valence-electron chi connectivity index (χ1n) is 7.14. The minimum absolute atomic E-state index is 0.0274. The molecular formula is C15H17N3O3. The highest BCUT2D eigenvalue weighted by Gasteiger charge is 2.49. The maximum Gasteiger partial charge on any atom is 0.229 e. The molecule has 3 heterocycles. The van der Waals surface area contributed by atoms with Gasteiger partial charge in [0, 0.05) is 31.3 Å². The Hall–Kier alpha value is -2.24. The van der Waals surface area contributed by atoms with Crippen molar-refractivity contribution >= 4 is 23.9 Å². The molecule has 2 saturated heterocycles. The molecule has 6 heteroatoms. The number of carbonyl (C=O) groups excluding carboxylic acids is 3. The van der Waals surface area contributed by atoms with Gasteiger partial charge in [-0.15, -0.1) is 0 Å². The quantitative estimate of drug-likeness (QED) is 0.820. The molecule has 2 aliphatic heterocycles. The largest absolute Gasteiger partial charge is 0.356 e. The fourth-order valence-electron chi connectivity index (χ4n) is 3.08. The van der Waals surface area contributed by atoms with E-state index in [-0.39, 0.29) is 18.2 Å². The van der Waals surface area contributed by atoms with Crippen LogP contribution in [0.3, 0.4) is 0 Å². The average Bonchev–Trinajstić information content (AvgIpc) is 2.74. The Morgan fingerprint density at radius 2 is 2.14 bits per heavy atom. The van der Waals surface area contributed by atoms with Crippen molar-refractivity contribution in [2.24, 2.45) is 5.41 Å². The van der Waals surface area contributed by atoms with Gasteiger partial charge in [-0.2, -0.15) is 0 Å². The van der Waals surface area contributed by atoms with E-state index in [0.717, 1.165) is 19.3 Å². The van der Waals surface area contributed by atoms with Gasteiger partial charge in [-0.3, -0.25) is 19.3 Å². The number of nitrogens with zero attached hydrogens (tertiary/aromatic N) is 2. The van der Waals surface area contributed by atoms with E-state index >= 15 is 0 Å². The van der Waals surface area contributed by atoms with Gasteiger partial charge < -0.3 is 5.32 Å². The highest BCUT2D eigenvalue weighted by atomic mass is 16.2. The van der Waals surface area contributed by atoms with Crippen LogP contribution in [0.5, 0.6) is 0 Å². The molecule has 2 amide bonds. The van der Waals surface area contributed by atoms with Crippen LogP contribution in [0.25, 0.3) is 0 Å². The van der Waals surface area contributed by atoms with Gasteiger partial charge in [0.15, 0.2) is 6.29 Å². The third-order valence-electron chi connectivity index (χ3n) is 4.28. The van der Waals surface area contributed by atoms with E-state index in [9.17, 15) is 14.4 Å². The van der Waals surface area contributed by atoms with E-state index in [0.29, 0.717) is 30.8 Å². The van der Waals surface area contributed by atoms with E-state index in [1.807, 2.05) is 0 Å². The van der Waals surface area contributed by atoms with Crippen molar-refractivity contribution in [3.63, 3.8) is 0 Å². The van der Waals surface area contributed by atoms with Gasteiger partial charge in [-0.1, -0.05) is 6.42 Å². The fourth-order valence-corrected chi connectivity index (χ4v) is 3.08. The van der Waals surface area contributed by atoms with Crippen molar-refractivity contribution in [1.29, 1.82) is 0 Å². The number of carbonyl (C=O) groups is 3. The molecule has 0 radical (unpaired) electrons. The number of anilines is 1. The maximum absolute atomic E-state index is 12.3. The number of hydrogen-bond acceptors (Lipinski definition) is 4. The molecule has 2 fully saturated rings. The molecule has 1 N–H and O–H groups in total. The zero-order valence-corrected chi connectivity index (χ0v) is 11.7. The molecule has 3 rings (SSSR count). The van der Waals surface area contributed by atoms with Crippen LogP contribution >= 0.6 is 0 Å². The summed E-state index contributed by atoms with van der Waals surface area (Å²) in [6, 6.07) is 3.27. The molecule has 2 aliphatic rings. The SMILES string of the molecule is O=Cc1ccc(N2CC3(CCCCNC3=O)CC2=O)nc1. The lowest BCUT2D eigenvalue weighted by Gasteiger charge is -2.25. The normalized spacial score (nSPS) is 25.8. The number of hydrogen-bond donors (Lipinski definition) is 1. The number of rotatable bonds is 2. The first-order chi connectivity index (χ1) is 10.1. The summed E-state index contributed by atoms with van der Waals surface area (Å²) in [5.41, 5.74) is -0.161. The number of amides is 2. The van der Waals surface area contributed by atoms with Crippen LogP contribution < -0.4 is 10.2 Å². The molecule has 0 aliphatic carbocycles. The molecule has 1 unspecified atom stereocenters. The number of pyridine rings is 1. The van der Waals surface area contributed by atoms with E-state index in [1.54, 1.807) is 17.0 Å². The summed E-state index contributed by atoms with van der Waals surface area (Å²) >= 11 is 0. The Balaban J connectivity index is 1.86. The van der Waals surface area contributed by atoms with Gasteiger partial charge in [0.25, 0.3) is 0 Å². The predicted molar refractivity (Wildman–Crippen MR) is 75.9 cm³/mol. The molecule has 0 saturated carbocycles. The van der Waals surface area contributed by atoms with Crippen molar-refractivity contribution in [2.45, 2.75) is 25.7 Å². The van der Waals surface area contributed by atoms with E-state index in [1.165, 1.54) is 6.20 Å². The van der Waals surface area contributed by atoms with Crippen molar-refractivity contribution in [1.82, 2.24) is 10.3 Å². The third-order valence-corrected chi connectivity index (χ3v) is 4.28. The molecule has 21 heavy (non-hydrogen) atoms. The summed E-state index contributed by atoms with van der Waals surface area (Å²) in [5, 5.41) is 2.90. The Labute approximate surface area is 122 Å². The standard InChI is InChI=1S/C15H17N3O3/c19-9-11-3-4-12(17-8-11)18-10-15(7-13(18)20)5-1-2-6-16-14(15)21/h3-4,8-9H,1-2,5-7,10H2,(H,16,21). The number of nitrogens with one attached hydrogen (secondary N) is 1.